The van der Waals surface area contributed by atoms with E-state index in [1.54, 1.807) is 0 Å². The standard InChI is InChI=1S/C17H19F2N3O/c1-2-10-8-17(19,23)16(20)22-15(10)12-5-3-4-6-14-13(12)7-11(18)9-21-14/h5,7,9,23H,2-4,6,8H2,1H3,(H2,20,22). The molecule has 3 rings (SSSR count). The Labute approximate surface area is 133 Å². The van der Waals surface area contributed by atoms with E-state index < -0.39 is 17.5 Å². The van der Waals surface area contributed by atoms with Crippen molar-refractivity contribution in [1.82, 2.24) is 4.98 Å². The molecule has 2 aliphatic rings. The molecule has 1 atom stereocenters. The minimum atomic E-state index is -2.62. The number of alkyl halides is 1. The van der Waals surface area contributed by atoms with Crippen molar-refractivity contribution in [2.75, 3.05) is 0 Å². The van der Waals surface area contributed by atoms with E-state index in [-0.39, 0.29) is 6.42 Å². The minimum Gasteiger partial charge on any atom is -0.382 e. The second-order valence-corrected chi connectivity index (χ2v) is 5.90. The van der Waals surface area contributed by atoms with Crippen LogP contribution in [0.4, 0.5) is 8.78 Å². The molecule has 0 amide bonds. The number of aliphatic imine (C=N–C) groups is 1. The molecule has 0 spiro atoms. The third kappa shape index (κ3) is 2.91. The number of allylic oxidation sites excluding steroid dienone is 2. The Morgan fingerprint density at radius 3 is 2.96 bits per heavy atom. The van der Waals surface area contributed by atoms with Crippen LogP contribution in [0.1, 0.15) is 43.9 Å². The molecule has 0 aromatic carbocycles. The zero-order valence-electron chi connectivity index (χ0n) is 12.9. The second kappa shape index (κ2) is 5.85. The highest BCUT2D eigenvalue weighted by atomic mass is 19.2. The quantitative estimate of drug-likeness (QED) is 0.880. The molecule has 23 heavy (non-hydrogen) atoms. The van der Waals surface area contributed by atoms with E-state index in [0.29, 0.717) is 23.3 Å². The second-order valence-electron chi connectivity index (χ2n) is 5.90. The molecule has 0 fully saturated rings. The van der Waals surface area contributed by atoms with Crippen molar-refractivity contribution in [3.05, 3.63) is 46.7 Å². The molecule has 6 heteroatoms. The predicted molar refractivity (Wildman–Crippen MR) is 84.7 cm³/mol. The third-order valence-electron chi connectivity index (χ3n) is 4.28. The molecular formula is C17H19F2N3O. The maximum absolute atomic E-state index is 14.1. The Morgan fingerprint density at radius 1 is 1.43 bits per heavy atom. The molecule has 1 aliphatic carbocycles. The van der Waals surface area contributed by atoms with Gasteiger partial charge in [-0.3, -0.25) is 4.98 Å². The Kier molecular flexibility index (Phi) is 4.02. The fraction of sp³-hybridized carbons (Fsp3) is 0.412. The lowest BCUT2D eigenvalue weighted by Crippen LogP contribution is -2.42. The van der Waals surface area contributed by atoms with Gasteiger partial charge in [-0.05, 0) is 37.3 Å². The Bertz CT molecular complexity index is 735. The van der Waals surface area contributed by atoms with Crippen LogP contribution >= 0.6 is 0 Å². The first-order chi connectivity index (χ1) is 10.9. The maximum Gasteiger partial charge on any atom is 0.268 e. The highest BCUT2D eigenvalue weighted by Crippen LogP contribution is 2.38. The van der Waals surface area contributed by atoms with Crippen molar-refractivity contribution in [2.24, 2.45) is 10.7 Å². The van der Waals surface area contributed by atoms with Crippen molar-refractivity contribution in [2.45, 2.75) is 44.9 Å². The summed E-state index contributed by atoms with van der Waals surface area (Å²) < 4.78 is 27.7. The first-order valence-electron chi connectivity index (χ1n) is 7.75. The average molecular weight is 319 g/mol. The highest BCUT2D eigenvalue weighted by Gasteiger charge is 2.37. The summed E-state index contributed by atoms with van der Waals surface area (Å²) >= 11 is 0. The van der Waals surface area contributed by atoms with Gasteiger partial charge in [-0.2, -0.15) is 0 Å². The van der Waals surface area contributed by atoms with Crippen LogP contribution < -0.4 is 5.73 Å². The van der Waals surface area contributed by atoms with E-state index >= 15 is 0 Å². The fourth-order valence-electron chi connectivity index (χ4n) is 3.04. The van der Waals surface area contributed by atoms with E-state index in [2.05, 4.69) is 9.98 Å². The normalized spacial score (nSPS) is 24.7. The van der Waals surface area contributed by atoms with Gasteiger partial charge >= 0.3 is 0 Å². The average Bonchev–Trinajstić information content (AvgIpc) is 2.71. The van der Waals surface area contributed by atoms with Crippen LogP contribution in [-0.2, 0) is 6.42 Å². The number of nitrogens with zero attached hydrogens (tertiary/aromatic N) is 2. The molecule has 0 bridgehead atoms. The van der Waals surface area contributed by atoms with Crippen LogP contribution in [0.3, 0.4) is 0 Å². The van der Waals surface area contributed by atoms with E-state index in [4.69, 9.17) is 5.73 Å². The van der Waals surface area contributed by atoms with Gasteiger partial charge in [0.05, 0.1) is 11.9 Å². The van der Waals surface area contributed by atoms with Crippen molar-refractivity contribution in [3.63, 3.8) is 0 Å². The van der Waals surface area contributed by atoms with Gasteiger partial charge in [-0.15, -0.1) is 0 Å². The lowest BCUT2D eigenvalue weighted by Gasteiger charge is -2.27. The monoisotopic (exact) mass is 319 g/mol. The summed E-state index contributed by atoms with van der Waals surface area (Å²) in [6, 6.07) is 1.43. The van der Waals surface area contributed by atoms with Crippen LogP contribution in [-0.4, -0.2) is 21.8 Å². The highest BCUT2D eigenvalue weighted by molar-refractivity contribution is 5.94. The topological polar surface area (TPSA) is 71.5 Å². The molecule has 1 aromatic heterocycles. The maximum atomic E-state index is 14.1. The molecular weight excluding hydrogens is 300 g/mol. The molecule has 122 valence electrons. The van der Waals surface area contributed by atoms with Crippen LogP contribution in [0.2, 0.25) is 0 Å². The van der Waals surface area contributed by atoms with Crippen molar-refractivity contribution < 1.29 is 13.9 Å². The summed E-state index contributed by atoms with van der Waals surface area (Å²) in [4.78, 5) is 8.29. The number of hydrogen-bond acceptors (Lipinski definition) is 4. The number of rotatable bonds is 2. The summed E-state index contributed by atoms with van der Waals surface area (Å²) in [6.45, 7) is 1.87. The molecule has 3 N–H and O–H groups in total. The first kappa shape index (κ1) is 15.8. The number of halogens is 2. The van der Waals surface area contributed by atoms with Crippen LogP contribution in [0, 0.1) is 5.82 Å². The molecule has 4 nitrogen and oxygen atoms in total. The van der Waals surface area contributed by atoms with E-state index in [1.807, 2.05) is 13.0 Å². The van der Waals surface area contributed by atoms with Gasteiger partial charge in [0.1, 0.15) is 5.82 Å². The number of fused-ring (bicyclic) bond motifs is 1. The molecule has 1 aromatic rings. The van der Waals surface area contributed by atoms with Gasteiger partial charge in [0.2, 0.25) is 0 Å². The number of nitrogens with two attached hydrogens (primary N) is 1. The minimum absolute atomic E-state index is 0.219. The number of aromatic nitrogens is 1. The lowest BCUT2D eigenvalue weighted by molar-refractivity contribution is -0.0230. The first-order valence-corrected chi connectivity index (χ1v) is 7.75. The van der Waals surface area contributed by atoms with Crippen molar-refractivity contribution in [1.29, 1.82) is 0 Å². The van der Waals surface area contributed by atoms with Gasteiger partial charge in [-0.25, -0.2) is 13.8 Å². The molecule has 0 saturated heterocycles. The van der Waals surface area contributed by atoms with Crippen LogP contribution in [0.5, 0.6) is 0 Å². The van der Waals surface area contributed by atoms with Gasteiger partial charge in [0.25, 0.3) is 5.85 Å². The zero-order chi connectivity index (χ0) is 16.6. The number of aryl methyl sites for hydroxylation is 1. The molecule has 0 radical (unpaired) electrons. The largest absolute Gasteiger partial charge is 0.382 e. The Hall–Kier alpha value is -2.08. The third-order valence-corrected chi connectivity index (χ3v) is 4.28. The smallest absolute Gasteiger partial charge is 0.268 e. The number of amidine groups is 1. The van der Waals surface area contributed by atoms with Crippen LogP contribution in [0.25, 0.3) is 5.57 Å². The van der Waals surface area contributed by atoms with Crippen molar-refractivity contribution in [3.8, 4) is 0 Å². The SMILES string of the molecule is CCC1=C(C2=CCCCc3ncc(F)cc32)N=C(N)C(O)(F)C1. The van der Waals surface area contributed by atoms with Gasteiger partial charge in [-0.1, -0.05) is 13.0 Å². The molecule has 1 aliphatic heterocycles. The zero-order valence-corrected chi connectivity index (χ0v) is 12.9. The molecule has 2 heterocycles. The lowest BCUT2D eigenvalue weighted by atomic mass is 9.91. The molecule has 1 unspecified atom stereocenters. The Balaban J connectivity index is 2.16. The summed E-state index contributed by atoms with van der Waals surface area (Å²) in [6.07, 6.45) is 5.92. The van der Waals surface area contributed by atoms with E-state index in [9.17, 15) is 13.9 Å². The summed E-state index contributed by atoms with van der Waals surface area (Å²) in [5.41, 5.74) is 8.97. The van der Waals surface area contributed by atoms with Crippen LogP contribution in [0.15, 0.2) is 34.6 Å². The molecule has 0 saturated carbocycles. The van der Waals surface area contributed by atoms with E-state index in [0.717, 1.165) is 30.5 Å². The summed E-state index contributed by atoms with van der Waals surface area (Å²) in [5, 5.41) is 9.71. The number of aliphatic hydroxyl groups is 1. The van der Waals surface area contributed by atoms with E-state index in [1.165, 1.54) is 12.3 Å². The Morgan fingerprint density at radius 2 is 2.22 bits per heavy atom. The summed E-state index contributed by atoms with van der Waals surface area (Å²) in [5.74, 6) is -3.51. The van der Waals surface area contributed by atoms with Gasteiger partial charge < -0.3 is 10.8 Å². The summed E-state index contributed by atoms with van der Waals surface area (Å²) in [7, 11) is 0. The number of pyridine rings is 1. The van der Waals surface area contributed by atoms with Crippen molar-refractivity contribution >= 4 is 11.4 Å². The fourth-order valence-corrected chi connectivity index (χ4v) is 3.04. The number of hydrogen-bond donors (Lipinski definition) is 2. The van der Waals surface area contributed by atoms with Gasteiger partial charge in [0.15, 0.2) is 5.84 Å². The predicted octanol–water partition coefficient (Wildman–Crippen LogP) is 3.02. The van der Waals surface area contributed by atoms with Gasteiger partial charge in [0, 0.05) is 23.3 Å².